The number of fused-ring (bicyclic) bond motifs is 3. The lowest BCUT2D eigenvalue weighted by Gasteiger charge is -2.17. The number of aromatic amines is 1. The number of aromatic nitrogens is 4. The van der Waals surface area contributed by atoms with Gasteiger partial charge in [0, 0.05) is 17.3 Å². The first kappa shape index (κ1) is 18.5. The summed E-state index contributed by atoms with van der Waals surface area (Å²) in [6.07, 6.45) is 3.66. The fourth-order valence-electron chi connectivity index (χ4n) is 3.88. The molecule has 0 fully saturated rings. The van der Waals surface area contributed by atoms with Gasteiger partial charge in [-0.2, -0.15) is 0 Å². The zero-order valence-corrected chi connectivity index (χ0v) is 16.8. The molecule has 0 bridgehead atoms. The summed E-state index contributed by atoms with van der Waals surface area (Å²) in [5.41, 5.74) is 6.67. The van der Waals surface area contributed by atoms with Gasteiger partial charge < -0.3 is 15.2 Å². The predicted octanol–water partition coefficient (Wildman–Crippen LogP) is 4.26. The van der Waals surface area contributed by atoms with E-state index in [0.29, 0.717) is 0 Å². The van der Waals surface area contributed by atoms with Crippen molar-refractivity contribution in [1.82, 2.24) is 19.4 Å². The summed E-state index contributed by atoms with van der Waals surface area (Å²) in [5.74, 6) is 0. The lowest BCUT2D eigenvalue weighted by Crippen LogP contribution is -2.14. The number of hydrogen-bond donors (Lipinski definition) is 3. The van der Waals surface area contributed by atoms with Crippen LogP contribution < -0.4 is 0 Å². The summed E-state index contributed by atoms with van der Waals surface area (Å²) in [6.45, 7) is 3.46. The van der Waals surface area contributed by atoms with Crippen molar-refractivity contribution in [2.45, 2.75) is 26.1 Å². The molecule has 3 N–H and O–H groups in total. The molecule has 0 amide bonds. The first-order valence-corrected chi connectivity index (χ1v) is 9.84. The number of rotatable bonds is 4. The van der Waals surface area contributed by atoms with Crippen LogP contribution in [-0.4, -0.2) is 29.6 Å². The van der Waals surface area contributed by atoms with Crippen molar-refractivity contribution in [2.75, 3.05) is 0 Å². The SMILES string of the molecule is CC(C)(O)c1ccc(-c2ncn3c2c(-c2ccccc2CO)nc2[nH]ccc23)cc1. The van der Waals surface area contributed by atoms with Crippen LogP contribution >= 0.6 is 0 Å². The normalized spacial score (nSPS) is 12.1. The van der Waals surface area contributed by atoms with E-state index < -0.39 is 5.60 Å². The Morgan fingerprint density at radius 2 is 1.77 bits per heavy atom. The third kappa shape index (κ3) is 2.89. The second-order valence-electron chi connectivity index (χ2n) is 7.94. The number of hydrogen-bond acceptors (Lipinski definition) is 4. The summed E-state index contributed by atoms with van der Waals surface area (Å²) in [6, 6.07) is 17.5. The number of imidazole rings is 1. The topological polar surface area (TPSA) is 86.4 Å². The summed E-state index contributed by atoms with van der Waals surface area (Å²) in [5, 5.41) is 20.2. The van der Waals surface area contributed by atoms with Gasteiger partial charge in [0.15, 0.2) is 5.65 Å². The van der Waals surface area contributed by atoms with E-state index in [2.05, 4.69) is 4.98 Å². The van der Waals surface area contributed by atoms with Gasteiger partial charge in [0.2, 0.25) is 0 Å². The Balaban J connectivity index is 1.81. The molecule has 0 aliphatic heterocycles. The Morgan fingerprint density at radius 3 is 2.50 bits per heavy atom. The number of nitrogens with zero attached hydrogens (tertiary/aromatic N) is 3. The van der Waals surface area contributed by atoms with E-state index in [1.807, 2.05) is 65.2 Å². The third-order valence-electron chi connectivity index (χ3n) is 5.49. The highest BCUT2D eigenvalue weighted by atomic mass is 16.3. The molecule has 0 unspecified atom stereocenters. The van der Waals surface area contributed by atoms with E-state index in [1.54, 1.807) is 20.2 Å². The van der Waals surface area contributed by atoms with Gasteiger partial charge in [0.05, 0.1) is 29.1 Å². The van der Waals surface area contributed by atoms with Crippen molar-refractivity contribution in [3.05, 3.63) is 78.2 Å². The minimum Gasteiger partial charge on any atom is -0.392 e. The van der Waals surface area contributed by atoms with Gasteiger partial charge in [-0.25, -0.2) is 9.97 Å². The first-order chi connectivity index (χ1) is 14.5. The van der Waals surface area contributed by atoms with Gasteiger partial charge in [-0.3, -0.25) is 4.40 Å². The Labute approximate surface area is 173 Å². The average Bonchev–Trinajstić information content (AvgIpc) is 3.39. The first-order valence-electron chi connectivity index (χ1n) is 9.84. The van der Waals surface area contributed by atoms with E-state index in [1.165, 1.54) is 0 Å². The molecule has 0 radical (unpaired) electrons. The van der Waals surface area contributed by atoms with Crippen molar-refractivity contribution in [2.24, 2.45) is 0 Å². The molecule has 30 heavy (non-hydrogen) atoms. The summed E-state index contributed by atoms with van der Waals surface area (Å²) < 4.78 is 2.03. The van der Waals surface area contributed by atoms with Crippen LogP contribution in [0.1, 0.15) is 25.0 Å². The molecule has 5 aromatic rings. The van der Waals surface area contributed by atoms with Crippen molar-refractivity contribution < 1.29 is 10.2 Å². The summed E-state index contributed by atoms with van der Waals surface area (Å²) in [7, 11) is 0. The monoisotopic (exact) mass is 398 g/mol. The van der Waals surface area contributed by atoms with Crippen molar-refractivity contribution in [3.63, 3.8) is 0 Å². The maximum absolute atomic E-state index is 10.3. The van der Waals surface area contributed by atoms with E-state index in [9.17, 15) is 10.2 Å². The minimum absolute atomic E-state index is 0.0729. The quantitative estimate of drug-likeness (QED) is 0.422. The fourth-order valence-corrected chi connectivity index (χ4v) is 3.88. The number of H-pyrrole nitrogens is 1. The second-order valence-corrected chi connectivity index (χ2v) is 7.94. The summed E-state index contributed by atoms with van der Waals surface area (Å²) >= 11 is 0. The van der Waals surface area contributed by atoms with Gasteiger partial charge in [0.1, 0.15) is 11.8 Å². The standard InChI is InChI=1S/C24H22N4O2/c1-24(2,30)17-9-7-15(8-10-17)20-22-21(18-6-4-3-5-16(18)13-29)27-23-19(11-12-25-23)28(22)14-26-20/h3-12,14,25,29-30H,13H2,1-2H3. The zero-order chi connectivity index (χ0) is 20.9. The van der Waals surface area contributed by atoms with Crippen molar-refractivity contribution >= 4 is 16.7 Å². The maximum Gasteiger partial charge on any atom is 0.155 e. The minimum atomic E-state index is -0.904. The molecule has 5 rings (SSSR count). The van der Waals surface area contributed by atoms with Crippen LogP contribution in [0.25, 0.3) is 39.2 Å². The van der Waals surface area contributed by atoms with Gasteiger partial charge in [0.25, 0.3) is 0 Å². The molecule has 0 aliphatic carbocycles. The van der Waals surface area contributed by atoms with E-state index in [0.717, 1.165) is 50.3 Å². The van der Waals surface area contributed by atoms with E-state index >= 15 is 0 Å². The van der Waals surface area contributed by atoms with E-state index in [-0.39, 0.29) is 6.61 Å². The third-order valence-corrected chi connectivity index (χ3v) is 5.49. The molecule has 0 saturated carbocycles. The molecular weight excluding hydrogens is 376 g/mol. The second kappa shape index (κ2) is 6.79. The molecule has 0 aliphatic rings. The number of benzene rings is 2. The molecule has 150 valence electrons. The molecule has 0 spiro atoms. The van der Waals surface area contributed by atoms with Crippen LogP contribution in [-0.2, 0) is 12.2 Å². The largest absolute Gasteiger partial charge is 0.392 e. The van der Waals surface area contributed by atoms with Gasteiger partial charge >= 0.3 is 0 Å². The molecule has 6 heteroatoms. The summed E-state index contributed by atoms with van der Waals surface area (Å²) in [4.78, 5) is 12.8. The van der Waals surface area contributed by atoms with Crippen molar-refractivity contribution in [1.29, 1.82) is 0 Å². The molecule has 6 nitrogen and oxygen atoms in total. The average molecular weight is 398 g/mol. The molecule has 3 heterocycles. The van der Waals surface area contributed by atoms with Gasteiger partial charge in [-0.05, 0) is 31.0 Å². The number of nitrogens with one attached hydrogen (secondary N) is 1. The molecule has 0 atom stereocenters. The van der Waals surface area contributed by atoms with E-state index in [4.69, 9.17) is 9.97 Å². The molecule has 3 aromatic heterocycles. The van der Waals surface area contributed by atoms with Crippen LogP contribution in [0.4, 0.5) is 0 Å². The molecule has 0 saturated heterocycles. The zero-order valence-electron chi connectivity index (χ0n) is 16.8. The Kier molecular flexibility index (Phi) is 4.20. The predicted molar refractivity (Wildman–Crippen MR) is 117 cm³/mol. The molecular formula is C24H22N4O2. The van der Waals surface area contributed by atoms with Crippen LogP contribution in [0.15, 0.2) is 67.1 Å². The van der Waals surface area contributed by atoms with Crippen LogP contribution in [0.2, 0.25) is 0 Å². The smallest absolute Gasteiger partial charge is 0.155 e. The highest BCUT2D eigenvalue weighted by molar-refractivity contribution is 5.94. The Hall–Kier alpha value is -3.48. The van der Waals surface area contributed by atoms with Crippen LogP contribution in [0.5, 0.6) is 0 Å². The van der Waals surface area contributed by atoms with Crippen LogP contribution in [0.3, 0.4) is 0 Å². The lowest BCUT2D eigenvalue weighted by atomic mass is 9.96. The Bertz CT molecular complexity index is 1360. The number of aliphatic hydroxyl groups excluding tert-OH is 1. The van der Waals surface area contributed by atoms with Gasteiger partial charge in [-0.15, -0.1) is 0 Å². The Morgan fingerprint density at radius 1 is 1.00 bits per heavy atom. The highest BCUT2D eigenvalue weighted by Crippen LogP contribution is 2.35. The van der Waals surface area contributed by atoms with Crippen LogP contribution in [0, 0.1) is 0 Å². The molecule has 2 aromatic carbocycles. The number of aliphatic hydroxyl groups is 2. The lowest BCUT2D eigenvalue weighted by molar-refractivity contribution is 0.0786. The van der Waals surface area contributed by atoms with Gasteiger partial charge in [-0.1, -0.05) is 48.5 Å². The highest BCUT2D eigenvalue weighted by Gasteiger charge is 2.20. The van der Waals surface area contributed by atoms with Crippen molar-refractivity contribution in [3.8, 4) is 22.5 Å². The fraction of sp³-hybridized carbons (Fsp3) is 0.167. The maximum atomic E-state index is 10.3.